The van der Waals surface area contributed by atoms with Crippen LogP contribution in [0.1, 0.15) is 50.2 Å². The molecule has 38 heavy (non-hydrogen) atoms. The predicted molar refractivity (Wildman–Crippen MR) is 148 cm³/mol. The number of nitrogens with zero attached hydrogens (tertiary/aromatic N) is 2. The summed E-state index contributed by atoms with van der Waals surface area (Å²) in [5.74, 6) is -0.00953. The normalized spacial score (nSPS) is 14.6. The van der Waals surface area contributed by atoms with E-state index in [2.05, 4.69) is 5.32 Å². The molecule has 0 bridgehead atoms. The first kappa shape index (κ1) is 29.3. The Labute approximate surface area is 226 Å². The first-order valence-corrected chi connectivity index (χ1v) is 14.8. The lowest BCUT2D eigenvalue weighted by molar-refractivity contribution is -0.140. The van der Waals surface area contributed by atoms with Crippen molar-refractivity contribution in [1.29, 1.82) is 0 Å². The molecule has 0 heterocycles. The van der Waals surface area contributed by atoms with E-state index in [1.54, 1.807) is 12.1 Å². The third kappa shape index (κ3) is 7.18. The SMILES string of the molecule is CCC(C(=O)NC1CCCC1)N(Cc1ccccc1C)C(=O)CN(c1cc(OC)ccc1OC)S(C)(=O)=O. The first-order chi connectivity index (χ1) is 18.1. The Balaban J connectivity index is 1.99. The van der Waals surface area contributed by atoms with Crippen molar-refractivity contribution in [2.45, 2.75) is 64.6 Å². The highest BCUT2D eigenvalue weighted by molar-refractivity contribution is 7.92. The van der Waals surface area contributed by atoms with Gasteiger partial charge in [0.2, 0.25) is 21.8 Å². The van der Waals surface area contributed by atoms with Crippen molar-refractivity contribution in [2.24, 2.45) is 0 Å². The summed E-state index contributed by atoms with van der Waals surface area (Å²) in [6, 6.07) is 11.8. The van der Waals surface area contributed by atoms with E-state index in [1.165, 1.54) is 25.2 Å². The molecule has 3 rings (SSSR count). The highest BCUT2D eigenvalue weighted by Crippen LogP contribution is 2.34. The van der Waals surface area contributed by atoms with Crippen LogP contribution in [0.3, 0.4) is 0 Å². The molecule has 1 N–H and O–H groups in total. The molecule has 1 saturated carbocycles. The number of anilines is 1. The Morgan fingerprint density at radius 2 is 1.76 bits per heavy atom. The van der Waals surface area contributed by atoms with Crippen LogP contribution < -0.4 is 19.1 Å². The molecule has 0 aromatic heterocycles. The van der Waals surface area contributed by atoms with E-state index >= 15 is 0 Å². The van der Waals surface area contributed by atoms with Gasteiger partial charge in [0.15, 0.2) is 0 Å². The van der Waals surface area contributed by atoms with Crippen LogP contribution >= 0.6 is 0 Å². The molecule has 1 aliphatic rings. The molecule has 0 spiro atoms. The van der Waals surface area contributed by atoms with Gasteiger partial charge in [-0.25, -0.2) is 8.42 Å². The zero-order valence-corrected chi connectivity index (χ0v) is 23.7. The van der Waals surface area contributed by atoms with Gasteiger partial charge >= 0.3 is 0 Å². The molecule has 0 saturated heterocycles. The topological polar surface area (TPSA) is 105 Å². The minimum Gasteiger partial charge on any atom is -0.497 e. The number of amides is 2. The minimum atomic E-state index is -3.91. The number of sulfonamides is 1. The lowest BCUT2D eigenvalue weighted by Gasteiger charge is -2.34. The predicted octanol–water partition coefficient (Wildman–Crippen LogP) is 3.64. The standard InChI is InChI=1S/C28H39N3O6S/c1-6-24(28(33)29-22-13-9-10-14-22)30(18-21-12-8-7-11-20(21)2)27(32)19-31(38(5,34)35)25-17-23(36-3)15-16-26(25)37-4/h7-8,11-12,15-17,22,24H,6,9-10,13-14,18-19H2,1-5H3,(H,29,33). The summed E-state index contributed by atoms with van der Waals surface area (Å²) in [6.45, 7) is 3.48. The average Bonchev–Trinajstić information content (AvgIpc) is 3.40. The van der Waals surface area contributed by atoms with Crippen molar-refractivity contribution in [3.8, 4) is 11.5 Å². The number of benzene rings is 2. The monoisotopic (exact) mass is 545 g/mol. The van der Waals surface area contributed by atoms with Crippen LogP contribution in [0.4, 0.5) is 5.69 Å². The molecule has 2 amide bonds. The highest BCUT2D eigenvalue weighted by atomic mass is 32.2. The van der Waals surface area contributed by atoms with Gasteiger partial charge < -0.3 is 19.7 Å². The van der Waals surface area contributed by atoms with E-state index in [9.17, 15) is 18.0 Å². The number of carbonyl (C=O) groups is 2. The average molecular weight is 546 g/mol. The van der Waals surface area contributed by atoms with Crippen LogP contribution in [0.25, 0.3) is 0 Å². The van der Waals surface area contributed by atoms with Crippen molar-refractivity contribution in [3.05, 3.63) is 53.6 Å². The van der Waals surface area contributed by atoms with Crippen LogP contribution in [-0.4, -0.2) is 64.2 Å². The van der Waals surface area contributed by atoms with Gasteiger partial charge in [-0.15, -0.1) is 0 Å². The van der Waals surface area contributed by atoms with E-state index in [0.717, 1.165) is 47.4 Å². The van der Waals surface area contributed by atoms with Crippen molar-refractivity contribution in [2.75, 3.05) is 31.3 Å². The summed E-state index contributed by atoms with van der Waals surface area (Å²) in [5.41, 5.74) is 2.05. The Hall–Kier alpha value is -3.27. The highest BCUT2D eigenvalue weighted by Gasteiger charge is 2.34. The van der Waals surface area contributed by atoms with Crippen molar-refractivity contribution in [1.82, 2.24) is 10.2 Å². The van der Waals surface area contributed by atoms with E-state index in [4.69, 9.17) is 9.47 Å². The fourth-order valence-corrected chi connectivity index (χ4v) is 5.69. The molecule has 2 aromatic rings. The molecule has 208 valence electrons. The van der Waals surface area contributed by atoms with Gasteiger partial charge in [0.05, 0.1) is 26.2 Å². The molecule has 0 aliphatic heterocycles. The van der Waals surface area contributed by atoms with Crippen LogP contribution in [0, 0.1) is 6.92 Å². The Bertz CT molecular complexity index is 1230. The van der Waals surface area contributed by atoms with Crippen LogP contribution in [0.2, 0.25) is 0 Å². The molecular formula is C28H39N3O6S. The van der Waals surface area contributed by atoms with Gasteiger partial charge in [0, 0.05) is 18.7 Å². The number of carbonyl (C=O) groups excluding carboxylic acids is 2. The fraction of sp³-hybridized carbons (Fsp3) is 0.500. The molecule has 1 aliphatic carbocycles. The van der Waals surface area contributed by atoms with Gasteiger partial charge in [0.25, 0.3) is 0 Å². The number of hydrogen-bond donors (Lipinski definition) is 1. The van der Waals surface area contributed by atoms with Crippen LogP contribution in [-0.2, 0) is 26.2 Å². The van der Waals surface area contributed by atoms with Gasteiger partial charge in [0.1, 0.15) is 24.1 Å². The molecule has 1 fully saturated rings. The molecule has 10 heteroatoms. The number of ether oxygens (including phenoxy) is 2. The number of aryl methyl sites for hydroxylation is 1. The Morgan fingerprint density at radius 3 is 2.34 bits per heavy atom. The zero-order valence-electron chi connectivity index (χ0n) is 22.9. The maximum absolute atomic E-state index is 14.0. The van der Waals surface area contributed by atoms with Crippen molar-refractivity contribution >= 4 is 27.5 Å². The number of rotatable bonds is 12. The summed E-state index contributed by atoms with van der Waals surface area (Å²) >= 11 is 0. The lowest BCUT2D eigenvalue weighted by atomic mass is 10.1. The lowest BCUT2D eigenvalue weighted by Crippen LogP contribution is -2.53. The van der Waals surface area contributed by atoms with Crippen molar-refractivity contribution in [3.63, 3.8) is 0 Å². The van der Waals surface area contributed by atoms with Crippen LogP contribution in [0.15, 0.2) is 42.5 Å². The van der Waals surface area contributed by atoms with E-state index in [-0.39, 0.29) is 29.9 Å². The largest absolute Gasteiger partial charge is 0.497 e. The van der Waals surface area contributed by atoms with E-state index < -0.39 is 28.5 Å². The van der Waals surface area contributed by atoms with E-state index in [0.29, 0.717) is 12.2 Å². The second-order valence-corrected chi connectivity index (χ2v) is 11.6. The quantitative estimate of drug-likeness (QED) is 0.437. The summed E-state index contributed by atoms with van der Waals surface area (Å²) in [5, 5.41) is 3.11. The molecule has 9 nitrogen and oxygen atoms in total. The Morgan fingerprint density at radius 1 is 1.08 bits per heavy atom. The zero-order chi connectivity index (χ0) is 27.9. The van der Waals surface area contributed by atoms with Gasteiger partial charge in [-0.2, -0.15) is 0 Å². The number of methoxy groups -OCH3 is 2. The van der Waals surface area contributed by atoms with E-state index in [1.807, 2.05) is 38.1 Å². The molecular weight excluding hydrogens is 506 g/mol. The van der Waals surface area contributed by atoms with Crippen molar-refractivity contribution < 1.29 is 27.5 Å². The third-order valence-corrected chi connectivity index (χ3v) is 8.15. The fourth-order valence-electron chi connectivity index (χ4n) is 4.84. The second-order valence-electron chi connectivity index (χ2n) is 9.67. The number of nitrogens with one attached hydrogen (secondary N) is 1. The first-order valence-electron chi connectivity index (χ1n) is 12.9. The molecule has 0 radical (unpaired) electrons. The maximum Gasteiger partial charge on any atom is 0.244 e. The third-order valence-electron chi connectivity index (χ3n) is 7.02. The summed E-state index contributed by atoms with van der Waals surface area (Å²) in [6.07, 6.45) is 5.40. The molecule has 1 unspecified atom stereocenters. The number of hydrogen-bond acceptors (Lipinski definition) is 6. The molecule has 2 aromatic carbocycles. The van der Waals surface area contributed by atoms with Gasteiger partial charge in [-0.1, -0.05) is 44.0 Å². The molecule has 1 atom stereocenters. The summed E-state index contributed by atoms with van der Waals surface area (Å²) < 4.78 is 37.6. The Kier molecular flexibility index (Phi) is 10.0. The maximum atomic E-state index is 14.0. The van der Waals surface area contributed by atoms with Crippen LogP contribution in [0.5, 0.6) is 11.5 Å². The minimum absolute atomic E-state index is 0.0977. The summed E-state index contributed by atoms with van der Waals surface area (Å²) in [7, 11) is -1.01. The smallest absolute Gasteiger partial charge is 0.244 e. The van der Waals surface area contributed by atoms with Gasteiger partial charge in [-0.3, -0.25) is 13.9 Å². The summed E-state index contributed by atoms with van der Waals surface area (Å²) in [4.78, 5) is 28.9. The second kappa shape index (κ2) is 13.0. The van der Waals surface area contributed by atoms with Gasteiger partial charge in [-0.05, 0) is 49.4 Å².